The molecule has 0 unspecified atom stereocenters. The van der Waals surface area contributed by atoms with Gasteiger partial charge in [-0.3, -0.25) is 15.0 Å². The van der Waals surface area contributed by atoms with Crippen LogP contribution in [-0.2, 0) is 6.54 Å². The number of nitrogens with zero attached hydrogens (tertiary/aromatic N) is 2. The summed E-state index contributed by atoms with van der Waals surface area (Å²) in [6.45, 7) is 7.59. The first kappa shape index (κ1) is 17.5. The molecule has 0 saturated heterocycles. The molecule has 5 nitrogen and oxygen atoms in total. The van der Waals surface area contributed by atoms with Gasteiger partial charge in [-0.1, -0.05) is 26.8 Å². The average Bonchev–Trinajstić information content (AvgIpc) is 2.36. The molecule has 118 valence electrons. The van der Waals surface area contributed by atoms with Crippen molar-refractivity contribution in [3.8, 4) is 0 Å². The lowest BCUT2D eigenvalue weighted by Crippen LogP contribution is -2.34. The third kappa shape index (κ3) is 5.77. The van der Waals surface area contributed by atoms with Gasteiger partial charge in [0, 0.05) is 32.3 Å². The molecule has 6 heteroatoms. The van der Waals surface area contributed by atoms with Crippen LogP contribution >= 0.6 is 0 Å². The van der Waals surface area contributed by atoms with Crippen LogP contribution in [0.2, 0.25) is 0 Å². The lowest BCUT2D eigenvalue weighted by atomic mass is 9.95. The topological polar surface area (TPSA) is 66.6 Å². The van der Waals surface area contributed by atoms with Crippen LogP contribution in [0.3, 0.4) is 0 Å². The van der Waals surface area contributed by atoms with Crippen LogP contribution in [0.15, 0.2) is 18.2 Å². The second-order valence-electron chi connectivity index (χ2n) is 6.34. The van der Waals surface area contributed by atoms with Crippen molar-refractivity contribution in [2.75, 3.05) is 19.7 Å². The van der Waals surface area contributed by atoms with Gasteiger partial charge in [-0.05, 0) is 17.9 Å². The Hall–Kier alpha value is -1.53. The molecule has 0 atom stereocenters. The minimum absolute atomic E-state index is 0.0184. The summed E-state index contributed by atoms with van der Waals surface area (Å²) in [7, 11) is 0. The summed E-state index contributed by atoms with van der Waals surface area (Å²) >= 11 is 0. The van der Waals surface area contributed by atoms with Crippen molar-refractivity contribution in [2.45, 2.75) is 33.7 Å². The molecule has 0 amide bonds. The Balaban J connectivity index is 2.99. The fraction of sp³-hybridized carbons (Fsp3) is 0.600. The van der Waals surface area contributed by atoms with E-state index in [0.29, 0.717) is 19.5 Å². The number of rotatable bonds is 7. The quantitative estimate of drug-likeness (QED) is 0.621. The minimum Gasteiger partial charge on any atom is -0.396 e. The SMILES string of the molecule is CC(C)(C)CN(CCCO)Cc1c(F)cccc1[N+](=O)[O-]. The van der Waals surface area contributed by atoms with Crippen LogP contribution in [0, 0.1) is 21.3 Å². The summed E-state index contributed by atoms with van der Waals surface area (Å²) in [5.74, 6) is -0.563. The number of aliphatic hydroxyl groups excluding tert-OH is 1. The van der Waals surface area contributed by atoms with Gasteiger partial charge in [-0.15, -0.1) is 0 Å². The molecular weight excluding hydrogens is 275 g/mol. The number of nitro benzene ring substituents is 1. The molecule has 0 aliphatic rings. The van der Waals surface area contributed by atoms with Gasteiger partial charge < -0.3 is 5.11 Å². The van der Waals surface area contributed by atoms with Crippen molar-refractivity contribution in [1.82, 2.24) is 4.90 Å². The standard InChI is InChI=1S/C15H23FN2O3/c1-15(2,3)11-17(8-5-9-19)10-12-13(16)6-4-7-14(12)18(20)21/h4,6-7,19H,5,8-11H2,1-3H3. The summed E-state index contributed by atoms with van der Waals surface area (Å²) in [6, 6.07) is 3.90. The molecule has 0 spiro atoms. The Morgan fingerprint density at radius 1 is 1.38 bits per heavy atom. The minimum atomic E-state index is -0.563. The normalized spacial score (nSPS) is 11.9. The van der Waals surface area contributed by atoms with Crippen LogP contribution in [0.1, 0.15) is 32.8 Å². The Kier molecular flexibility index (Phi) is 6.23. The van der Waals surface area contributed by atoms with Gasteiger partial charge in [0.05, 0.1) is 10.5 Å². The Labute approximate surface area is 124 Å². The Morgan fingerprint density at radius 2 is 2.05 bits per heavy atom. The first-order valence-electron chi connectivity index (χ1n) is 6.99. The van der Waals surface area contributed by atoms with Crippen LogP contribution in [-0.4, -0.2) is 34.6 Å². The van der Waals surface area contributed by atoms with Crippen molar-refractivity contribution in [3.63, 3.8) is 0 Å². The predicted octanol–water partition coefficient (Wildman–Crippen LogP) is 2.96. The zero-order valence-corrected chi connectivity index (χ0v) is 12.8. The van der Waals surface area contributed by atoms with Crippen molar-refractivity contribution < 1.29 is 14.4 Å². The molecular formula is C15H23FN2O3. The molecule has 0 aliphatic heterocycles. The molecule has 1 N–H and O–H groups in total. The maximum absolute atomic E-state index is 13.9. The number of halogens is 1. The largest absolute Gasteiger partial charge is 0.396 e. The number of benzene rings is 1. The van der Waals surface area contributed by atoms with Crippen LogP contribution < -0.4 is 0 Å². The van der Waals surface area contributed by atoms with E-state index in [9.17, 15) is 14.5 Å². The van der Waals surface area contributed by atoms with Gasteiger partial charge in [0.2, 0.25) is 0 Å². The maximum Gasteiger partial charge on any atom is 0.276 e. The first-order valence-corrected chi connectivity index (χ1v) is 6.99. The van der Waals surface area contributed by atoms with E-state index in [1.165, 1.54) is 18.2 Å². The van der Waals surface area contributed by atoms with E-state index in [2.05, 4.69) is 20.8 Å². The summed E-state index contributed by atoms with van der Waals surface area (Å²) in [5, 5.41) is 20.0. The van der Waals surface area contributed by atoms with E-state index in [0.717, 1.165) is 0 Å². The smallest absolute Gasteiger partial charge is 0.276 e. The summed E-state index contributed by atoms with van der Waals surface area (Å²) < 4.78 is 13.9. The summed E-state index contributed by atoms with van der Waals surface area (Å²) in [5.41, 5.74) is -0.113. The first-order chi connectivity index (χ1) is 9.74. The molecule has 0 aromatic heterocycles. The van der Waals surface area contributed by atoms with Gasteiger partial charge in [0.15, 0.2) is 0 Å². The van der Waals surface area contributed by atoms with Crippen molar-refractivity contribution in [3.05, 3.63) is 39.7 Å². The summed E-state index contributed by atoms with van der Waals surface area (Å²) in [6.07, 6.45) is 0.554. The van der Waals surface area contributed by atoms with Gasteiger partial charge in [0.1, 0.15) is 5.82 Å². The van der Waals surface area contributed by atoms with Gasteiger partial charge in [0.25, 0.3) is 5.69 Å². The van der Waals surface area contributed by atoms with Crippen LogP contribution in [0.25, 0.3) is 0 Å². The highest BCUT2D eigenvalue weighted by Crippen LogP contribution is 2.25. The van der Waals surface area contributed by atoms with E-state index >= 15 is 0 Å². The third-order valence-electron chi connectivity index (χ3n) is 3.00. The molecule has 0 bridgehead atoms. The number of aliphatic hydroxyl groups is 1. The lowest BCUT2D eigenvalue weighted by Gasteiger charge is -2.29. The number of hydrogen-bond donors (Lipinski definition) is 1. The van der Waals surface area contributed by atoms with Crippen molar-refractivity contribution in [2.24, 2.45) is 5.41 Å². The molecule has 1 aromatic carbocycles. The highest BCUT2D eigenvalue weighted by molar-refractivity contribution is 5.40. The van der Waals surface area contributed by atoms with Gasteiger partial charge in [-0.2, -0.15) is 0 Å². The van der Waals surface area contributed by atoms with Crippen molar-refractivity contribution in [1.29, 1.82) is 0 Å². The highest BCUT2D eigenvalue weighted by atomic mass is 19.1. The van der Waals surface area contributed by atoms with Crippen LogP contribution in [0.5, 0.6) is 0 Å². The molecule has 0 saturated carbocycles. The third-order valence-corrected chi connectivity index (χ3v) is 3.00. The van der Waals surface area contributed by atoms with E-state index in [-0.39, 0.29) is 29.8 Å². The predicted molar refractivity (Wildman–Crippen MR) is 79.5 cm³/mol. The van der Waals surface area contributed by atoms with E-state index in [1.54, 1.807) is 0 Å². The molecule has 1 aromatic rings. The molecule has 0 fully saturated rings. The fourth-order valence-corrected chi connectivity index (χ4v) is 2.28. The monoisotopic (exact) mass is 298 g/mol. The molecule has 1 rings (SSSR count). The molecule has 0 radical (unpaired) electrons. The highest BCUT2D eigenvalue weighted by Gasteiger charge is 2.23. The maximum atomic E-state index is 13.9. The number of hydrogen-bond acceptors (Lipinski definition) is 4. The summed E-state index contributed by atoms with van der Waals surface area (Å²) in [4.78, 5) is 12.4. The zero-order chi connectivity index (χ0) is 16.0. The van der Waals surface area contributed by atoms with Gasteiger partial charge in [-0.25, -0.2) is 4.39 Å². The molecule has 0 aliphatic carbocycles. The second-order valence-corrected chi connectivity index (χ2v) is 6.34. The van der Waals surface area contributed by atoms with Gasteiger partial charge >= 0.3 is 0 Å². The fourth-order valence-electron chi connectivity index (χ4n) is 2.28. The Bertz CT molecular complexity index is 486. The Morgan fingerprint density at radius 3 is 2.57 bits per heavy atom. The molecule has 0 heterocycles. The van der Waals surface area contributed by atoms with E-state index in [4.69, 9.17) is 5.11 Å². The second kappa shape index (κ2) is 7.47. The van der Waals surface area contributed by atoms with Crippen LogP contribution in [0.4, 0.5) is 10.1 Å². The number of nitro groups is 1. The molecule has 21 heavy (non-hydrogen) atoms. The van der Waals surface area contributed by atoms with Crippen molar-refractivity contribution >= 4 is 5.69 Å². The zero-order valence-electron chi connectivity index (χ0n) is 12.8. The average molecular weight is 298 g/mol. The van der Waals surface area contributed by atoms with E-state index < -0.39 is 10.7 Å². The lowest BCUT2D eigenvalue weighted by molar-refractivity contribution is -0.386. The van der Waals surface area contributed by atoms with E-state index in [1.807, 2.05) is 4.90 Å².